The number of carbonyl (C=O) groups excluding carboxylic acids is 9. The number of hydrogen-bond acceptors (Lipinski definition) is 12. The third-order valence-electron chi connectivity index (χ3n) is 6.99. The molecule has 7 atom stereocenters. The van der Waals surface area contributed by atoms with Gasteiger partial charge < -0.3 is 52.6 Å². The van der Waals surface area contributed by atoms with E-state index in [9.17, 15) is 58.2 Å². The number of ketones is 1. The normalized spacial score (nSPS) is 14.8. The summed E-state index contributed by atoms with van der Waals surface area (Å²) in [6.45, 7) is 9.45. The number of esters is 1. The van der Waals surface area contributed by atoms with Crippen molar-refractivity contribution in [2.75, 3.05) is 13.2 Å². The van der Waals surface area contributed by atoms with Gasteiger partial charge >= 0.3 is 11.9 Å². The Bertz CT molecular complexity index is 1300. The summed E-state index contributed by atoms with van der Waals surface area (Å²) < 4.78 is 4.76. The van der Waals surface area contributed by atoms with Crippen molar-refractivity contribution in [3.05, 3.63) is 12.7 Å². The molecule has 7 amide bonds. The van der Waals surface area contributed by atoms with Gasteiger partial charge in [-0.2, -0.15) is 0 Å². The predicted octanol–water partition coefficient (Wildman–Crippen LogP) is -3.97. The molecule has 0 fully saturated rings. The number of aliphatic hydroxyl groups excluding tert-OH is 1. The van der Waals surface area contributed by atoms with Crippen molar-refractivity contribution in [1.29, 1.82) is 0 Å². The van der Waals surface area contributed by atoms with Crippen molar-refractivity contribution in [3.63, 3.8) is 0 Å². The van der Waals surface area contributed by atoms with Gasteiger partial charge in [-0.15, -0.1) is 0 Å². The van der Waals surface area contributed by atoms with E-state index in [2.05, 4.69) is 33.2 Å². The zero-order valence-corrected chi connectivity index (χ0v) is 28.5. The summed E-state index contributed by atoms with van der Waals surface area (Å²) in [5.41, 5.74) is 5.26. The number of carbonyl (C=O) groups is 10. The number of carboxylic acids is 1. The number of aliphatic carboxylic acids is 1. The minimum Gasteiger partial charge on any atom is -0.481 e. The molecule has 0 aromatic carbocycles. The Hall–Kier alpha value is -5.40. The minimum atomic E-state index is -1.89. The molecule has 0 bridgehead atoms. The Balaban J connectivity index is 5.37. The molecule has 0 rings (SSSR count). The fourth-order valence-corrected chi connectivity index (χ4v) is 4.06. The number of ether oxygens (including phenoxy) is 1. The molecule has 0 unspecified atom stereocenters. The molecule has 0 aromatic heterocycles. The van der Waals surface area contributed by atoms with Crippen molar-refractivity contribution < 1.29 is 62.9 Å². The molecule has 0 saturated carbocycles. The molecule has 0 aliphatic rings. The van der Waals surface area contributed by atoms with Gasteiger partial charge in [-0.25, -0.2) is 0 Å². The second-order valence-corrected chi connectivity index (χ2v) is 11.3. The molecular weight excluding hydrogens is 666 g/mol. The van der Waals surface area contributed by atoms with Crippen LogP contribution in [0.15, 0.2) is 12.7 Å². The highest BCUT2D eigenvalue weighted by Gasteiger charge is 2.33. The van der Waals surface area contributed by atoms with Crippen LogP contribution < -0.4 is 37.6 Å². The van der Waals surface area contributed by atoms with Crippen LogP contribution in [0.1, 0.15) is 60.3 Å². The molecule has 0 heterocycles. The highest BCUT2D eigenvalue weighted by atomic mass is 16.5. The second-order valence-electron chi connectivity index (χ2n) is 11.3. The first-order chi connectivity index (χ1) is 23.2. The van der Waals surface area contributed by atoms with Crippen LogP contribution in [0.25, 0.3) is 0 Å². The fourth-order valence-electron chi connectivity index (χ4n) is 4.06. The number of Topliss-reactive ketones (excluding diaryl/α,β-unsaturated/α-hetero) is 1. The van der Waals surface area contributed by atoms with Gasteiger partial charge in [-0.3, -0.25) is 47.9 Å². The molecular formula is C30H47N7O13. The standard InChI is InChI=1S/C30H47N7O13/c1-7-11-50-22(43)10-9-18(26(31)45)35-27(46)19(12-21(41)42)36-30(49)25(44)15(4)33-20(40)13-32-28(47)24(16(5)38)37-29(48)23(14(3)8-2)34-17(6)39/h7,14-16,18-19,23-24,38H,1,8-13H2,2-6H3,(H2,31,45)(H,32,47)(H,33,40)(H,34,39)(H,35,46)(H,36,49)(H,37,48)(H,41,42)/t14-,15-,16+,18-,19-,23-,24-/m0/s1. The summed E-state index contributed by atoms with van der Waals surface area (Å²) in [5.74, 6) is -11.0. The van der Waals surface area contributed by atoms with E-state index in [1.54, 1.807) is 13.8 Å². The molecule has 0 aliphatic carbocycles. The molecule has 0 spiro atoms. The van der Waals surface area contributed by atoms with E-state index in [0.29, 0.717) is 6.42 Å². The summed E-state index contributed by atoms with van der Waals surface area (Å²) in [5, 5.41) is 32.5. The Morgan fingerprint density at radius 1 is 0.840 bits per heavy atom. The van der Waals surface area contributed by atoms with E-state index in [-0.39, 0.29) is 25.4 Å². The minimum absolute atomic E-state index is 0.106. The van der Waals surface area contributed by atoms with Gasteiger partial charge in [-0.05, 0) is 26.2 Å². The number of carboxylic acid groups (broad SMARTS) is 1. The van der Waals surface area contributed by atoms with Crippen molar-refractivity contribution in [3.8, 4) is 0 Å². The third kappa shape index (κ3) is 16.6. The first kappa shape index (κ1) is 44.6. The molecule has 20 heteroatoms. The largest absolute Gasteiger partial charge is 0.481 e. The van der Waals surface area contributed by atoms with Crippen LogP contribution in [-0.4, -0.2) is 119 Å². The van der Waals surface area contributed by atoms with E-state index in [1.807, 2.05) is 5.32 Å². The summed E-state index contributed by atoms with van der Waals surface area (Å²) in [6, 6.07) is -7.49. The molecule has 280 valence electrons. The maximum absolute atomic E-state index is 12.8. The number of amides is 7. The van der Waals surface area contributed by atoms with Gasteiger partial charge in [0, 0.05) is 13.3 Å². The molecule has 0 aliphatic heterocycles. The topological polar surface area (TPSA) is 319 Å². The molecule has 0 saturated heterocycles. The summed E-state index contributed by atoms with van der Waals surface area (Å²) in [4.78, 5) is 122. The first-order valence-electron chi connectivity index (χ1n) is 15.5. The van der Waals surface area contributed by atoms with Gasteiger partial charge in [0.15, 0.2) is 0 Å². The van der Waals surface area contributed by atoms with Crippen molar-refractivity contribution in [2.24, 2.45) is 11.7 Å². The summed E-state index contributed by atoms with van der Waals surface area (Å²) >= 11 is 0. The second kappa shape index (κ2) is 22.3. The van der Waals surface area contributed by atoms with Crippen LogP contribution in [0.3, 0.4) is 0 Å². The lowest BCUT2D eigenvalue weighted by Gasteiger charge is -2.27. The third-order valence-corrected chi connectivity index (χ3v) is 6.99. The van der Waals surface area contributed by atoms with Gasteiger partial charge in [0.25, 0.3) is 5.91 Å². The lowest BCUT2D eigenvalue weighted by atomic mass is 9.97. The van der Waals surface area contributed by atoms with E-state index >= 15 is 0 Å². The van der Waals surface area contributed by atoms with Crippen molar-refractivity contribution >= 4 is 59.1 Å². The number of nitrogens with one attached hydrogen (secondary N) is 6. The monoisotopic (exact) mass is 713 g/mol. The van der Waals surface area contributed by atoms with Crippen LogP contribution in [0.5, 0.6) is 0 Å². The number of primary amides is 1. The predicted molar refractivity (Wildman–Crippen MR) is 172 cm³/mol. The Morgan fingerprint density at radius 2 is 1.46 bits per heavy atom. The molecule has 20 nitrogen and oxygen atoms in total. The molecule has 10 N–H and O–H groups in total. The highest BCUT2D eigenvalue weighted by molar-refractivity contribution is 6.38. The lowest BCUT2D eigenvalue weighted by molar-refractivity contribution is -0.144. The number of rotatable bonds is 23. The van der Waals surface area contributed by atoms with Crippen LogP contribution in [0, 0.1) is 5.92 Å². The Morgan fingerprint density at radius 3 is 1.96 bits per heavy atom. The van der Waals surface area contributed by atoms with E-state index < -0.39 is 108 Å². The Kier molecular flexibility index (Phi) is 19.9. The molecule has 0 aromatic rings. The van der Waals surface area contributed by atoms with Gasteiger partial charge in [0.1, 0.15) is 30.8 Å². The van der Waals surface area contributed by atoms with Crippen LogP contribution >= 0.6 is 0 Å². The average Bonchev–Trinajstić information content (AvgIpc) is 3.03. The maximum Gasteiger partial charge on any atom is 0.306 e. The van der Waals surface area contributed by atoms with Crippen LogP contribution in [-0.2, 0) is 52.7 Å². The quantitative estimate of drug-likeness (QED) is 0.0278. The highest BCUT2D eigenvalue weighted by Crippen LogP contribution is 2.09. The SMILES string of the molecule is C=CCOC(=O)CC[C@H](NC(=O)[C@H](CC(=O)O)NC(=O)C(=O)[C@H](C)NC(=O)CNC(=O)[C@@H](NC(=O)[C@@H](NC(C)=O)[C@@H](C)CC)[C@@H](C)O)C(N)=O. The first-order valence-corrected chi connectivity index (χ1v) is 15.5. The van der Waals surface area contributed by atoms with Crippen molar-refractivity contribution in [2.45, 2.75) is 96.6 Å². The van der Waals surface area contributed by atoms with Gasteiger partial charge in [0.2, 0.25) is 41.2 Å². The fraction of sp³-hybridized carbons (Fsp3) is 0.600. The average molecular weight is 714 g/mol. The number of nitrogens with two attached hydrogens (primary N) is 1. The Labute approximate surface area is 288 Å². The van der Waals surface area contributed by atoms with E-state index in [1.165, 1.54) is 19.9 Å². The summed E-state index contributed by atoms with van der Waals surface area (Å²) in [7, 11) is 0. The van der Waals surface area contributed by atoms with Gasteiger partial charge in [-0.1, -0.05) is 32.9 Å². The van der Waals surface area contributed by atoms with Gasteiger partial charge in [0.05, 0.1) is 25.1 Å². The van der Waals surface area contributed by atoms with Crippen molar-refractivity contribution in [1.82, 2.24) is 31.9 Å². The van der Waals surface area contributed by atoms with Crippen LogP contribution in [0.2, 0.25) is 0 Å². The summed E-state index contributed by atoms with van der Waals surface area (Å²) in [6.07, 6.45) is -1.36. The maximum atomic E-state index is 12.8. The zero-order chi connectivity index (χ0) is 38.7. The zero-order valence-electron chi connectivity index (χ0n) is 28.5. The number of hydrogen-bond donors (Lipinski definition) is 9. The lowest BCUT2D eigenvalue weighted by Crippen LogP contribution is -2.59. The van der Waals surface area contributed by atoms with Crippen LogP contribution in [0.4, 0.5) is 0 Å². The number of aliphatic hydroxyl groups is 1. The molecule has 0 radical (unpaired) electrons. The molecule has 50 heavy (non-hydrogen) atoms. The smallest absolute Gasteiger partial charge is 0.306 e. The van der Waals surface area contributed by atoms with E-state index in [0.717, 1.165) is 6.92 Å². The van der Waals surface area contributed by atoms with E-state index in [4.69, 9.17) is 10.5 Å².